The Morgan fingerprint density at radius 2 is 2.00 bits per heavy atom. The first-order chi connectivity index (χ1) is 11.5. The number of aromatic nitrogens is 1. The number of hydrogen-bond acceptors (Lipinski definition) is 3. The van der Waals surface area contributed by atoms with E-state index in [0.717, 1.165) is 30.2 Å². The molecule has 0 radical (unpaired) electrons. The third kappa shape index (κ3) is 3.61. The fraction of sp³-hybridized carbons (Fsp3) is 0.474. The fourth-order valence-corrected chi connectivity index (χ4v) is 3.29. The van der Waals surface area contributed by atoms with Crippen LogP contribution in [0.5, 0.6) is 0 Å². The Hall–Kier alpha value is -2.30. The lowest BCUT2D eigenvalue weighted by molar-refractivity contribution is -0.130. The molecule has 0 spiro atoms. The largest absolute Gasteiger partial charge is 0.448 e. The van der Waals surface area contributed by atoms with Crippen molar-refractivity contribution in [2.45, 2.75) is 51.7 Å². The lowest BCUT2D eigenvalue weighted by atomic mass is 9.86. The molecule has 5 heteroatoms. The maximum Gasteiger partial charge on any atom is 0.355 e. The van der Waals surface area contributed by atoms with Gasteiger partial charge in [0.1, 0.15) is 5.69 Å². The van der Waals surface area contributed by atoms with Gasteiger partial charge in [-0.25, -0.2) is 4.79 Å². The van der Waals surface area contributed by atoms with Crippen molar-refractivity contribution < 1.29 is 14.3 Å². The maximum absolute atomic E-state index is 12.3. The van der Waals surface area contributed by atoms with Gasteiger partial charge in [-0.15, -0.1) is 0 Å². The van der Waals surface area contributed by atoms with Crippen LogP contribution in [0.3, 0.4) is 0 Å². The number of rotatable bonds is 4. The molecule has 3 rings (SSSR count). The second-order valence-corrected chi connectivity index (χ2v) is 6.69. The molecule has 1 aromatic heterocycles. The third-order valence-corrected chi connectivity index (χ3v) is 4.84. The SMILES string of the molecule is C[C@@H](OC(=O)c1cc2ccccc2[nH]1)C(=O)N[C@H]1CCCC[C@@H]1C. The minimum absolute atomic E-state index is 0.181. The van der Waals surface area contributed by atoms with Crippen molar-refractivity contribution in [3.63, 3.8) is 0 Å². The molecule has 1 saturated carbocycles. The first-order valence-corrected chi connectivity index (χ1v) is 8.63. The molecule has 1 aromatic carbocycles. The zero-order chi connectivity index (χ0) is 17.1. The molecule has 1 amide bonds. The predicted molar refractivity (Wildman–Crippen MR) is 92.7 cm³/mol. The maximum atomic E-state index is 12.3. The lowest BCUT2D eigenvalue weighted by Gasteiger charge is -2.30. The number of benzene rings is 1. The summed E-state index contributed by atoms with van der Waals surface area (Å²) in [6, 6.07) is 9.55. The number of hydrogen-bond donors (Lipinski definition) is 2. The van der Waals surface area contributed by atoms with Crippen LogP contribution < -0.4 is 5.32 Å². The van der Waals surface area contributed by atoms with Gasteiger partial charge in [-0.3, -0.25) is 4.79 Å². The van der Waals surface area contributed by atoms with Gasteiger partial charge in [0, 0.05) is 16.9 Å². The summed E-state index contributed by atoms with van der Waals surface area (Å²) >= 11 is 0. The van der Waals surface area contributed by atoms with E-state index < -0.39 is 12.1 Å². The zero-order valence-corrected chi connectivity index (χ0v) is 14.2. The second-order valence-electron chi connectivity index (χ2n) is 6.69. The van der Waals surface area contributed by atoms with Crippen molar-refractivity contribution in [2.24, 2.45) is 5.92 Å². The monoisotopic (exact) mass is 328 g/mol. The Labute approximate surface area is 141 Å². The summed E-state index contributed by atoms with van der Waals surface area (Å²) in [5.41, 5.74) is 1.24. The van der Waals surface area contributed by atoms with E-state index in [2.05, 4.69) is 17.2 Å². The van der Waals surface area contributed by atoms with Crippen molar-refractivity contribution in [3.05, 3.63) is 36.0 Å². The minimum Gasteiger partial charge on any atom is -0.448 e. The number of ether oxygens (including phenoxy) is 1. The molecule has 1 heterocycles. The summed E-state index contributed by atoms with van der Waals surface area (Å²) < 4.78 is 5.32. The average Bonchev–Trinajstić information content (AvgIpc) is 3.01. The molecule has 0 saturated heterocycles. The Bertz CT molecular complexity index is 704. The molecule has 2 aromatic rings. The highest BCUT2D eigenvalue weighted by molar-refractivity contribution is 5.96. The highest BCUT2D eigenvalue weighted by Crippen LogP contribution is 2.24. The predicted octanol–water partition coefficient (Wildman–Crippen LogP) is 3.41. The van der Waals surface area contributed by atoms with Crippen LogP contribution in [0, 0.1) is 5.92 Å². The Balaban J connectivity index is 1.59. The van der Waals surface area contributed by atoms with Gasteiger partial charge in [0.15, 0.2) is 6.10 Å². The van der Waals surface area contributed by atoms with E-state index >= 15 is 0 Å². The van der Waals surface area contributed by atoms with E-state index in [9.17, 15) is 9.59 Å². The van der Waals surface area contributed by atoms with Crippen molar-refractivity contribution >= 4 is 22.8 Å². The van der Waals surface area contributed by atoms with E-state index in [4.69, 9.17) is 4.74 Å². The number of esters is 1. The van der Waals surface area contributed by atoms with E-state index in [0.29, 0.717) is 11.6 Å². The van der Waals surface area contributed by atoms with Gasteiger partial charge in [0.2, 0.25) is 0 Å². The summed E-state index contributed by atoms with van der Waals surface area (Å²) in [6.45, 7) is 3.77. The van der Waals surface area contributed by atoms with E-state index in [-0.39, 0.29) is 11.9 Å². The zero-order valence-electron chi connectivity index (χ0n) is 14.2. The molecular formula is C19H24N2O3. The van der Waals surface area contributed by atoms with Gasteiger partial charge in [-0.1, -0.05) is 38.0 Å². The average molecular weight is 328 g/mol. The van der Waals surface area contributed by atoms with Crippen molar-refractivity contribution in [1.29, 1.82) is 0 Å². The molecule has 0 aliphatic heterocycles. The number of nitrogens with one attached hydrogen (secondary N) is 2. The van der Waals surface area contributed by atoms with Crippen LogP contribution >= 0.6 is 0 Å². The van der Waals surface area contributed by atoms with Gasteiger partial charge in [-0.05, 0) is 37.8 Å². The lowest BCUT2D eigenvalue weighted by Crippen LogP contribution is -2.46. The molecule has 0 bridgehead atoms. The number of para-hydroxylation sites is 1. The second kappa shape index (κ2) is 7.07. The number of carbonyl (C=O) groups is 2. The molecule has 24 heavy (non-hydrogen) atoms. The highest BCUT2D eigenvalue weighted by atomic mass is 16.5. The van der Waals surface area contributed by atoms with Gasteiger partial charge in [0.25, 0.3) is 5.91 Å². The highest BCUT2D eigenvalue weighted by Gasteiger charge is 2.26. The molecular weight excluding hydrogens is 304 g/mol. The third-order valence-electron chi connectivity index (χ3n) is 4.84. The van der Waals surface area contributed by atoms with Crippen LogP contribution in [0.2, 0.25) is 0 Å². The number of H-pyrrole nitrogens is 1. The van der Waals surface area contributed by atoms with Gasteiger partial charge in [0.05, 0.1) is 0 Å². The number of fused-ring (bicyclic) bond motifs is 1. The molecule has 1 fully saturated rings. The Morgan fingerprint density at radius 3 is 2.75 bits per heavy atom. The minimum atomic E-state index is -0.807. The molecule has 1 aliphatic carbocycles. The van der Waals surface area contributed by atoms with Gasteiger partial charge < -0.3 is 15.0 Å². The van der Waals surface area contributed by atoms with Crippen LogP contribution in [-0.2, 0) is 9.53 Å². The van der Waals surface area contributed by atoms with Crippen LogP contribution in [0.1, 0.15) is 50.0 Å². The van der Waals surface area contributed by atoms with E-state index in [1.807, 2.05) is 24.3 Å². The molecule has 5 nitrogen and oxygen atoms in total. The van der Waals surface area contributed by atoms with Crippen LogP contribution in [0.4, 0.5) is 0 Å². The van der Waals surface area contributed by atoms with Crippen LogP contribution in [0.25, 0.3) is 10.9 Å². The number of carbonyl (C=O) groups excluding carboxylic acids is 2. The standard InChI is InChI=1S/C19H24N2O3/c1-12-7-3-5-9-15(12)21-18(22)13(2)24-19(23)17-11-14-8-4-6-10-16(14)20-17/h4,6,8,10-13,15,20H,3,5,7,9H2,1-2H3,(H,21,22)/t12-,13+,15-/m0/s1. The Morgan fingerprint density at radius 1 is 1.25 bits per heavy atom. The number of amides is 1. The number of aromatic amines is 1. The molecule has 0 unspecified atom stereocenters. The quantitative estimate of drug-likeness (QED) is 0.845. The summed E-state index contributed by atoms with van der Waals surface area (Å²) in [4.78, 5) is 27.6. The Kier molecular flexibility index (Phi) is 4.88. The van der Waals surface area contributed by atoms with Crippen LogP contribution in [0.15, 0.2) is 30.3 Å². The van der Waals surface area contributed by atoms with Crippen LogP contribution in [-0.4, -0.2) is 29.0 Å². The van der Waals surface area contributed by atoms with E-state index in [1.165, 1.54) is 6.42 Å². The molecule has 2 N–H and O–H groups in total. The first kappa shape index (κ1) is 16.6. The molecule has 3 atom stereocenters. The van der Waals surface area contributed by atoms with Gasteiger partial charge >= 0.3 is 5.97 Å². The van der Waals surface area contributed by atoms with Crippen molar-refractivity contribution in [3.8, 4) is 0 Å². The van der Waals surface area contributed by atoms with Crippen molar-refractivity contribution in [2.75, 3.05) is 0 Å². The summed E-state index contributed by atoms with van der Waals surface area (Å²) in [5, 5.41) is 3.97. The summed E-state index contributed by atoms with van der Waals surface area (Å²) in [7, 11) is 0. The first-order valence-electron chi connectivity index (χ1n) is 8.63. The van der Waals surface area contributed by atoms with Crippen molar-refractivity contribution in [1.82, 2.24) is 10.3 Å². The fourth-order valence-electron chi connectivity index (χ4n) is 3.29. The van der Waals surface area contributed by atoms with Gasteiger partial charge in [-0.2, -0.15) is 0 Å². The van der Waals surface area contributed by atoms with E-state index in [1.54, 1.807) is 13.0 Å². The molecule has 128 valence electrons. The summed E-state index contributed by atoms with van der Waals surface area (Å²) in [5.74, 6) is -0.261. The topological polar surface area (TPSA) is 71.2 Å². The normalized spacial score (nSPS) is 22.1. The summed E-state index contributed by atoms with van der Waals surface area (Å²) in [6.07, 6.45) is 3.68. The smallest absolute Gasteiger partial charge is 0.355 e. The molecule has 1 aliphatic rings.